The summed E-state index contributed by atoms with van der Waals surface area (Å²) in [6, 6.07) is 20.3. The molecular weight excluding hydrogens is 383 g/mol. The van der Waals surface area contributed by atoms with E-state index in [2.05, 4.69) is 0 Å². The van der Waals surface area contributed by atoms with E-state index in [1.54, 1.807) is 54.6 Å². The number of benzene rings is 3. The van der Waals surface area contributed by atoms with Gasteiger partial charge >= 0.3 is 0 Å². The number of furan rings is 1. The van der Waals surface area contributed by atoms with Gasteiger partial charge in [0.25, 0.3) is 0 Å². The third-order valence-corrected chi connectivity index (χ3v) is 5.13. The van der Waals surface area contributed by atoms with Crippen molar-refractivity contribution < 1.29 is 23.2 Å². The van der Waals surface area contributed by atoms with Crippen LogP contribution in [0.5, 0.6) is 0 Å². The zero-order valence-electron chi connectivity index (χ0n) is 15.5. The molecule has 1 aliphatic carbocycles. The number of rotatable bonds is 3. The summed E-state index contributed by atoms with van der Waals surface area (Å²) < 4.78 is 19.1. The van der Waals surface area contributed by atoms with E-state index < -0.39 is 17.4 Å². The molecule has 5 rings (SSSR count). The number of fused-ring (bicyclic) bond motifs is 2. The number of hydrogen-bond donors (Lipinski definition) is 0. The lowest BCUT2D eigenvalue weighted by Gasteiger charge is -2.13. The fourth-order valence-electron chi connectivity index (χ4n) is 3.72. The first-order valence-corrected chi connectivity index (χ1v) is 9.27. The minimum atomic E-state index is -0.534. The number of halogens is 1. The monoisotopic (exact) mass is 396 g/mol. The molecule has 1 aromatic heterocycles. The van der Waals surface area contributed by atoms with Gasteiger partial charge in [0.15, 0.2) is 17.3 Å². The zero-order chi connectivity index (χ0) is 20.8. The van der Waals surface area contributed by atoms with Crippen LogP contribution >= 0.6 is 0 Å². The summed E-state index contributed by atoms with van der Waals surface area (Å²) in [6.45, 7) is 0. The van der Waals surface area contributed by atoms with Gasteiger partial charge in [-0.15, -0.1) is 0 Å². The Kier molecular flexibility index (Phi) is 4.03. The van der Waals surface area contributed by atoms with Crippen molar-refractivity contribution in [1.82, 2.24) is 0 Å². The quantitative estimate of drug-likeness (QED) is 0.399. The smallest absolute Gasteiger partial charge is 0.229 e. The van der Waals surface area contributed by atoms with E-state index in [9.17, 15) is 18.8 Å². The molecule has 30 heavy (non-hydrogen) atoms. The summed E-state index contributed by atoms with van der Waals surface area (Å²) in [5.74, 6) is -2.10. The summed E-state index contributed by atoms with van der Waals surface area (Å²) in [4.78, 5) is 39.6. The van der Waals surface area contributed by atoms with E-state index in [4.69, 9.17) is 4.42 Å². The molecule has 0 aliphatic heterocycles. The Morgan fingerprint density at radius 3 is 1.97 bits per heavy atom. The summed E-state index contributed by atoms with van der Waals surface area (Å²) in [5, 5.41) is 0. The van der Waals surface area contributed by atoms with E-state index in [-0.39, 0.29) is 45.1 Å². The zero-order valence-corrected chi connectivity index (χ0v) is 15.5. The maximum atomic E-state index is 13.3. The third kappa shape index (κ3) is 2.63. The van der Waals surface area contributed by atoms with Gasteiger partial charge in [0.2, 0.25) is 11.6 Å². The largest absolute Gasteiger partial charge is 0.448 e. The Morgan fingerprint density at radius 2 is 1.30 bits per heavy atom. The molecule has 144 valence electrons. The first-order valence-electron chi connectivity index (χ1n) is 9.27. The van der Waals surface area contributed by atoms with Gasteiger partial charge in [-0.2, -0.15) is 0 Å². The van der Waals surface area contributed by atoms with Crippen molar-refractivity contribution in [2.24, 2.45) is 0 Å². The highest BCUT2D eigenvalue weighted by Crippen LogP contribution is 2.39. The molecule has 0 saturated heterocycles. The molecule has 0 fully saturated rings. The normalized spacial score (nSPS) is 12.4. The first kappa shape index (κ1) is 17.9. The van der Waals surface area contributed by atoms with Crippen molar-refractivity contribution in [2.45, 2.75) is 0 Å². The molecule has 0 N–H and O–H groups in total. The van der Waals surface area contributed by atoms with Crippen LogP contribution in [0, 0.1) is 5.82 Å². The van der Waals surface area contributed by atoms with Crippen molar-refractivity contribution in [3.8, 4) is 11.1 Å². The lowest BCUT2D eigenvalue weighted by molar-refractivity contribution is 0.0951. The molecule has 5 heteroatoms. The van der Waals surface area contributed by atoms with Gasteiger partial charge in [0.1, 0.15) is 5.82 Å². The molecular formula is C25H13FO4. The van der Waals surface area contributed by atoms with Crippen molar-refractivity contribution >= 4 is 17.3 Å². The van der Waals surface area contributed by atoms with Gasteiger partial charge < -0.3 is 4.42 Å². The van der Waals surface area contributed by atoms with Crippen LogP contribution in [0.4, 0.5) is 4.39 Å². The van der Waals surface area contributed by atoms with Gasteiger partial charge in [-0.3, -0.25) is 14.4 Å². The second kappa shape index (κ2) is 6.74. The summed E-state index contributed by atoms with van der Waals surface area (Å²) in [7, 11) is 0. The highest BCUT2D eigenvalue weighted by Gasteiger charge is 2.39. The lowest BCUT2D eigenvalue weighted by atomic mass is 9.84. The van der Waals surface area contributed by atoms with Gasteiger partial charge in [-0.25, -0.2) is 4.39 Å². The molecule has 1 aliphatic rings. The second-order valence-corrected chi connectivity index (χ2v) is 6.92. The first-order chi connectivity index (χ1) is 14.6. The minimum absolute atomic E-state index is 0.0790. The second-order valence-electron chi connectivity index (χ2n) is 6.92. The predicted octanol–water partition coefficient (Wildman–Crippen LogP) is 5.09. The Bertz CT molecular complexity index is 1330. The Morgan fingerprint density at radius 1 is 0.700 bits per heavy atom. The van der Waals surface area contributed by atoms with Gasteiger partial charge in [0, 0.05) is 22.3 Å². The Labute approximate surface area is 170 Å². The van der Waals surface area contributed by atoms with Gasteiger partial charge in [0.05, 0.1) is 5.56 Å². The Balaban J connectivity index is 1.79. The van der Waals surface area contributed by atoms with Crippen LogP contribution in [0.3, 0.4) is 0 Å². The van der Waals surface area contributed by atoms with Crippen LogP contribution < -0.4 is 0 Å². The predicted molar refractivity (Wildman–Crippen MR) is 107 cm³/mol. The van der Waals surface area contributed by atoms with Crippen LogP contribution in [0.1, 0.15) is 48.2 Å². The average molecular weight is 396 g/mol. The molecule has 0 saturated carbocycles. The van der Waals surface area contributed by atoms with Crippen LogP contribution in [-0.4, -0.2) is 17.3 Å². The minimum Gasteiger partial charge on any atom is -0.448 e. The Hall–Kier alpha value is -4.12. The number of carbonyl (C=O) groups excluding carboxylic acids is 3. The van der Waals surface area contributed by atoms with Crippen molar-refractivity contribution in [3.63, 3.8) is 0 Å². The SMILES string of the molecule is O=C1c2ccccc2C(=O)c2c1oc(C(=O)c1ccc(F)cc1)c2-c1ccccc1. The van der Waals surface area contributed by atoms with E-state index >= 15 is 0 Å². The van der Waals surface area contributed by atoms with Crippen molar-refractivity contribution in [2.75, 3.05) is 0 Å². The van der Waals surface area contributed by atoms with E-state index in [1.165, 1.54) is 24.3 Å². The van der Waals surface area contributed by atoms with Crippen molar-refractivity contribution in [3.05, 3.63) is 118 Å². The maximum absolute atomic E-state index is 13.3. The molecule has 0 radical (unpaired) electrons. The molecule has 0 spiro atoms. The third-order valence-electron chi connectivity index (χ3n) is 5.13. The molecule has 1 heterocycles. The number of ketones is 3. The van der Waals surface area contributed by atoms with Gasteiger partial charge in [-0.05, 0) is 29.8 Å². The van der Waals surface area contributed by atoms with Gasteiger partial charge in [-0.1, -0.05) is 54.6 Å². The molecule has 0 atom stereocenters. The topological polar surface area (TPSA) is 64.3 Å². The fraction of sp³-hybridized carbons (Fsp3) is 0. The molecule has 3 aromatic carbocycles. The molecule has 0 unspecified atom stereocenters. The molecule has 0 amide bonds. The van der Waals surface area contributed by atoms with E-state index in [0.29, 0.717) is 5.56 Å². The summed E-state index contributed by atoms with van der Waals surface area (Å²) >= 11 is 0. The highest BCUT2D eigenvalue weighted by molar-refractivity contribution is 6.31. The highest BCUT2D eigenvalue weighted by atomic mass is 19.1. The summed E-state index contributed by atoms with van der Waals surface area (Å²) in [5.41, 5.74) is 1.63. The fourth-order valence-corrected chi connectivity index (χ4v) is 3.72. The van der Waals surface area contributed by atoms with E-state index in [0.717, 1.165) is 0 Å². The average Bonchev–Trinajstić information content (AvgIpc) is 3.19. The lowest BCUT2D eigenvalue weighted by Crippen LogP contribution is -2.19. The molecule has 4 nitrogen and oxygen atoms in total. The van der Waals surface area contributed by atoms with Crippen LogP contribution in [0.15, 0.2) is 83.3 Å². The van der Waals surface area contributed by atoms with Crippen molar-refractivity contribution in [1.29, 1.82) is 0 Å². The van der Waals surface area contributed by atoms with Crippen LogP contribution in [-0.2, 0) is 0 Å². The van der Waals surface area contributed by atoms with E-state index in [1.807, 2.05) is 0 Å². The number of carbonyl (C=O) groups is 3. The van der Waals surface area contributed by atoms with Crippen LogP contribution in [0.2, 0.25) is 0 Å². The number of hydrogen-bond acceptors (Lipinski definition) is 4. The molecule has 4 aromatic rings. The maximum Gasteiger partial charge on any atom is 0.229 e. The standard InChI is InChI=1S/C25H13FO4/c26-16-12-10-15(11-13-16)21(27)24-19(14-6-2-1-3-7-14)20-22(28)17-8-4-5-9-18(17)23(29)25(20)30-24/h1-13H. The van der Waals surface area contributed by atoms with Crippen LogP contribution in [0.25, 0.3) is 11.1 Å². The molecule has 0 bridgehead atoms. The summed E-state index contributed by atoms with van der Waals surface area (Å²) in [6.07, 6.45) is 0.